The van der Waals surface area contributed by atoms with Crippen LogP contribution in [0.4, 0.5) is 80.3 Å². The summed E-state index contributed by atoms with van der Waals surface area (Å²) in [6.45, 7) is 5.56. The summed E-state index contributed by atoms with van der Waals surface area (Å²) in [5, 5.41) is 39.1. The smallest absolute Gasteiger partial charge is 0.471 e. The lowest BCUT2D eigenvalue weighted by Gasteiger charge is -2.21. The Balaban J connectivity index is 0.000000195. The van der Waals surface area contributed by atoms with Crippen molar-refractivity contribution in [2.45, 2.75) is 71.4 Å². The molecule has 13 rings (SSSR count). The summed E-state index contributed by atoms with van der Waals surface area (Å²) in [6.07, 6.45) is 11.3. The number of hydrogen-bond acceptors (Lipinski definition) is 26. The van der Waals surface area contributed by atoms with E-state index < -0.39 is 47.6 Å². The Kier molecular flexibility index (Phi) is 33.2. The minimum absolute atomic E-state index is 0.0160. The number of carboxylic acids is 1. The highest BCUT2D eigenvalue weighted by Crippen LogP contribution is 2.37. The van der Waals surface area contributed by atoms with Gasteiger partial charge < -0.3 is 29.5 Å². The van der Waals surface area contributed by atoms with Gasteiger partial charge in [-0.3, -0.25) is 19.9 Å². The highest BCUT2D eigenvalue weighted by atomic mass is 79.9. The van der Waals surface area contributed by atoms with Crippen molar-refractivity contribution in [3.8, 4) is 27.5 Å². The Morgan fingerprint density at radius 2 is 1.00 bits per heavy atom. The maximum Gasteiger partial charge on any atom is 0.471 e. The second-order valence-corrected chi connectivity index (χ2v) is 27.7. The zero-order valence-electron chi connectivity index (χ0n) is 52.4. The summed E-state index contributed by atoms with van der Waals surface area (Å²) >= 11 is 16.7. The molecule has 0 fully saturated rings. The molecule has 20 nitrogen and oxygen atoms in total. The van der Waals surface area contributed by atoms with E-state index in [4.69, 9.17) is 27.1 Å². The minimum atomic E-state index is -4.78. The lowest BCUT2D eigenvalue weighted by molar-refractivity contribution is -0.160. The molecule has 0 atom stereocenters. The van der Waals surface area contributed by atoms with Gasteiger partial charge in [0.25, 0.3) is 0 Å². The van der Waals surface area contributed by atoms with Crippen LogP contribution in [-0.2, 0) is 50.6 Å². The highest BCUT2D eigenvalue weighted by molar-refractivity contribution is 9.11. The minimum Gasteiger partial charge on any atom is -0.477 e. The number of nitriles is 1. The Labute approximate surface area is 615 Å². The van der Waals surface area contributed by atoms with Crippen LogP contribution >= 0.6 is 107 Å². The van der Waals surface area contributed by atoms with Gasteiger partial charge in [0, 0.05) is 70.3 Å². The fourth-order valence-electron chi connectivity index (χ4n) is 7.03. The van der Waals surface area contributed by atoms with E-state index in [9.17, 15) is 61.9 Å². The van der Waals surface area contributed by atoms with E-state index in [1.165, 1.54) is 112 Å². The van der Waals surface area contributed by atoms with Crippen molar-refractivity contribution in [2.75, 3.05) is 10.2 Å². The molecule has 0 aliphatic carbocycles. The number of thiophene rings is 7. The third kappa shape index (κ3) is 26.3. The lowest BCUT2D eigenvalue weighted by Crippen LogP contribution is -2.19. The van der Waals surface area contributed by atoms with Gasteiger partial charge in [-0.25, -0.2) is 55.5 Å². The van der Waals surface area contributed by atoms with E-state index in [1.54, 1.807) is 52.8 Å². The molecule has 542 valence electrons. The van der Waals surface area contributed by atoms with Gasteiger partial charge >= 0.3 is 30.1 Å². The number of halogens is 15. The molecule has 0 unspecified atom stereocenters. The number of aliphatic hydroxyl groups is 1. The molecular weight excluding hydrogens is 1610 g/mol. The number of alkyl halides is 7. The molecule has 13 aromatic rings. The van der Waals surface area contributed by atoms with E-state index >= 15 is 0 Å². The molecule has 0 spiro atoms. The molecule has 0 radical (unpaired) electrons. The third-order valence-electron chi connectivity index (χ3n) is 11.6. The Hall–Kier alpha value is -9.12. The van der Waals surface area contributed by atoms with Gasteiger partial charge in [0.05, 0.1) is 72.0 Å². The summed E-state index contributed by atoms with van der Waals surface area (Å²) in [4.78, 5) is 53.9. The number of aromatic nitrogens is 12. The Morgan fingerprint density at radius 3 is 1.30 bits per heavy atom. The summed E-state index contributed by atoms with van der Waals surface area (Å²) in [5.41, 5.74) is 0. The van der Waals surface area contributed by atoms with Gasteiger partial charge in [-0.05, 0) is 87.7 Å². The largest absolute Gasteiger partial charge is 0.477 e. The molecule has 3 N–H and O–H groups in total. The van der Waals surface area contributed by atoms with Crippen LogP contribution in [0.3, 0.4) is 0 Å². The Morgan fingerprint density at radius 1 is 0.563 bits per heavy atom. The fraction of sp³-hybridized carbons (Fsp3) is 0.180. The van der Waals surface area contributed by atoms with Gasteiger partial charge in [-0.2, -0.15) is 41.6 Å². The van der Waals surface area contributed by atoms with E-state index in [1.807, 2.05) is 26.8 Å². The third-order valence-corrected chi connectivity index (χ3v) is 20.0. The van der Waals surface area contributed by atoms with E-state index in [0.29, 0.717) is 44.3 Å². The number of rotatable bonds is 14. The van der Waals surface area contributed by atoms with Crippen molar-refractivity contribution in [3.63, 3.8) is 0 Å². The Bertz CT molecular complexity index is 4600. The fourth-order valence-corrected chi connectivity index (χ4v) is 13.3. The van der Waals surface area contributed by atoms with Crippen molar-refractivity contribution in [3.05, 3.63) is 228 Å². The second-order valence-electron chi connectivity index (χ2n) is 18.6. The molecule has 0 amide bonds. The first-order valence-electron chi connectivity index (χ1n) is 28.4. The first kappa shape index (κ1) is 82.8. The first-order valence-corrected chi connectivity index (χ1v) is 35.6. The van der Waals surface area contributed by atoms with Crippen LogP contribution in [-0.4, -0.2) is 76.3 Å². The predicted molar refractivity (Wildman–Crippen MR) is 367 cm³/mol. The van der Waals surface area contributed by atoms with E-state index in [-0.39, 0.29) is 78.3 Å². The molecule has 0 saturated carbocycles. The summed E-state index contributed by atoms with van der Waals surface area (Å²) in [7, 11) is 0. The number of aromatic carboxylic acids is 1. The zero-order chi connectivity index (χ0) is 75.2. The molecule has 13 heterocycles. The topological polar surface area (TPSA) is 278 Å². The number of carbonyl (C=O) groups is 1. The quantitative estimate of drug-likeness (QED) is 0.0674. The number of anilines is 4. The van der Waals surface area contributed by atoms with Crippen LogP contribution in [0.5, 0.6) is 0 Å². The van der Waals surface area contributed by atoms with Crippen molar-refractivity contribution in [1.29, 1.82) is 5.26 Å². The predicted octanol–water partition coefficient (Wildman–Crippen LogP) is 19.5. The number of nitrogens with zero attached hydrogens (tertiary/aromatic N) is 14. The van der Waals surface area contributed by atoms with Gasteiger partial charge in [0.2, 0.25) is 11.6 Å². The zero-order valence-corrected chi connectivity index (χ0v) is 60.4. The maximum absolute atomic E-state index is 14.5. The van der Waals surface area contributed by atoms with Crippen LogP contribution in [0.1, 0.15) is 76.4 Å². The van der Waals surface area contributed by atoms with Gasteiger partial charge in [-0.1, -0.05) is 31.1 Å². The van der Waals surface area contributed by atoms with Crippen LogP contribution in [0.2, 0.25) is 0 Å². The molecule has 13 aromatic heterocycles. The molecule has 0 saturated heterocycles. The SMILES string of the molecule is CCc1sc(Br)cc1F.CCc1sc(C#N)cc1F.CCc1sccc1F.Fc1cc(-c2noc(C(F)(F)F)n2)sc1CCl.Fc1cc(-c2noc(C(F)(F)F)n2)sc1CN(c1cnccn1)c1cnccn1.O=C(O)c1sccc1F.OCc1sccc1F.c1cnc(Nc2cnccn2)cn1. The van der Waals surface area contributed by atoms with Crippen molar-refractivity contribution in [2.24, 2.45) is 0 Å². The van der Waals surface area contributed by atoms with Crippen molar-refractivity contribution < 1.29 is 81.1 Å². The van der Waals surface area contributed by atoms with Crippen LogP contribution in [0, 0.1) is 52.1 Å². The molecule has 0 aliphatic heterocycles. The van der Waals surface area contributed by atoms with E-state index in [0.717, 1.165) is 78.6 Å². The normalized spacial score (nSPS) is 10.6. The number of aliphatic hydroxyl groups excluding tert-OH is 1. The van der Waals surface area contributed by atoms with Crippen molar-refractivity contribution >= 4 is 136 Å². The highest BCUT2D eigenvalue weighted by Gasteiger charge is 2.40. The second kappa shape index (κ2) is 41.2. The monoisotopic (exact) mass is 1650 g/mol. The summed E-state index contributed by atoms with van der Waals surface area (Å²) < 4.78 is 173. The lowest BCUT2D eigenvalue weighted by atomic mass is 10.3. The molecule has 103 heavy (non-hydrogen) atoms. The standard InChI is InChI=1S/C16H9F4N7OS.C8H3ClF4N2OS.C8H7N5.C7H6FNS.C6H6BrFS.C6H7FS.C5H3FO2S.C5H5FOS/c17-9-5-10(14-25-15(28-26-14)16(18,19)20)29-11(9)8-27(12-6-21-1-3-23-12)13-7-22-2-4-24-13;9-2-5-3(10)1-4(17-5)6-14-7(16-15-6)8(11,12)13;1-3-11-7(5-9-1)13-8-6-10-2-4-12-8;1-2-7-6(8)3-5(4-9)10-7;1-2-5-4(8)3-6(7)9-5;1-2-6-5(7)3-4-8-6;6-3-1-2-9-4(3)5(7)8;6-4-1-2-8-5(4)3-7/h1-7H,8H2;1H,2H2;1-6H,(H,11,12,13);3H,2H2,1H3;3H,2H2,1H3;3-4H,2H2,1H3;1-2H,(H,7,8);1-2,7H,3H2. The average Bonchev–Trinajstić information content (AvgIpc) is 1.69. The van der Waals surface area contributed by atoms with Gasteiger partial charge in [0.1, 0.15) is 68.2 Å². The van der Waals surface area contributed by atoms with Crippen LogP contribution in [0.15, 0.2) is 146 Å². The summed E-state index contributed by atoms with van der Waals surface area (Å²) in [6, 6.07) is 10.7. The first-order chi connectivity index (χ1) is 49.2. The maximum atomic E-state index is 14.5. The van der Waals surface area contributed by atoms with Gasteiger partial charge in [0.15, 0.2) is 11.6 Å². The van der Waals surface area contributed by atoms with Crippen molar-refractivity contribution in [1.82, 2.24) is 60.2 Å². The molecule has 0 aliphatic rings. The van der Waals surface area contributed by atoms with E-state index in [2.05, 4.69) is 90.4 Å². The molecule has 42 heteroatoms. The van der Waals surface area contributed by atoms with Crippen LogP contribution in [0.25, 0.3) is 21.4 Å². The number of carboxylic acid groups (broad SMARTS) is 1. The number of hydrogen-bond donors (Lipinski definition) is 3. The summed E-state index contributed by atoms with van der Waals surface area (Å²) in [5.74, 6) is -5.40. The molecular formula is C61H46BrClF13N15O5S7. The number of aryl methyl sites for hydroxylation is 3. The van der Waals surface area contributed by atoms with Crippen LogP contribution < -0.4 is 10.2 Å². The van der Waals surface area contributed by atoms with Gasteiger partial charge in [-0.15, -0.1) is 91.0 Å². The molecule has 0 bridgehead atoms. The molecule has 0 aromatic carbocycles. The number of nitrogens with one attached hydrogen (secondary N) is 1. The average molecular weight is 1660 g/mol.